The van der Waals surface area contributed by atoms with E-state index >= 15 is 0 Å². The molecule has 1 fully saturated rings. The summed E-state index contributed by atoms with van der Waals surface area (Å²) in [6, 6.07) is 21.0. The molecule has 1 heterocycles. The summed E-state index contributed by atoms with van der Waals surface area (Å²) in [5.74, 6) is 0.0969. The van der Waals surface area contributed by atoms with E-state index in [9.17, 15) is 4.79 Å². The summed E-state index contributed by atoms with van der Waals surface area (Å²) in [6.07, 6.45) is 1.71. The minimum atomic E-state index is -0.0329. The number of nitrogens with one attached hydrogen (secondary N) is 1. The Balaban J connectivity index is 1.56. The molecule has 0 bridgehead atoms. The second-order valence-electron chi connectivity index (χ2n) is 7.33. The first-order valence-corrected chi connectivity index (χ1v) is 9.89. The van der Waals surface area contributed by atoms with Crippen molar-refractivity contribution in [2.24, 2.45) is 5.92 Å². The lowest BCUT2D eigenvalue weighted by molar-refractivity contribution is -0.124. The molecule has 3 rings (SSSR count). The van der Waals surface area contributed by atoms with Crippen molar-refractivity contribution in [2.75, 3.05) is 32.8 Å². The highest BCUT2D eigenvalue weighted by molar-refractivity contribution is 5.78. The first-order chi connectivity index (χ1) is 13.2. The van der Waals surface area contributed by atoms with Gasteiger partial charge in [0.05, 0.1) is 13.2 Å². The number of morpholine rings is 1. The van der Waals surface area contributed by atoms with Gasteiger partial charge in [-0.3, -0.25) is 9.69 Å². The number of amides is 1. The van der Waals surface area contributed by atoms with Crippen molar-refractivity contribution in [3.05, 3.63) is 71.8 Å². The van der Waals surface area contributed by atoms with Gasteiger partial charge in [-0.05, 0) is 24.0 Å². The molecule has 0 radical (unpaired) electrons. The molecule has 1 saturated heterocycles. The van der Waals surface area contributed by atoms with Gasteiger partial charge in [-0.25, -0.2) is 0 Å². The Labute approximate surface area is 162 Å². The van der Waals surface area contributed by atoms with Gasteiger partial charge in [0.15, 0.2) is 0 Å². The highest BCUT2D eigenvalue weighted by Gasteiger charge is 2.23. The molecule has 27 heavy (non-hydrogen) atoms. The van der Waals surface area contributed by atoms with E-state index < -0.39 is 0 Å². The number of hydrogen-bond acceptors (Lipinski definition) is 3. The van der Waals surface area contributed by atoms with E-state index in [2.05, 4.69) is 46.6 Å². The van der Waals surface area contributed by atoms with Crippen LogP contribution >= 0.6 is 0 Å². The van der Waals surface area contributed by atoms with Crippen LogP contribution in [0.4, 0.5) is 0 Å². The summed E-state index contributed by atoms with van der Waals surface area (Å²) in [5.41, 5.74) is 2.51. The summed E-state index contributed by atoms with van der Waals surface area (Å²) in [6.45, 7) is 6.06. The van der Waals surface area contributed by atoms with E-state index in [1.54, 1.807) is 0 Å². The first kappa shape index (κ1) is 19.6. The Morgan fingerprint density at radius 2 is 1.52 bits per heavy atom. The zero-order valence-electron chi connectivity index (χ0n) is 16.1. The molecule has 1 amide bonds. The van der Waals surface area contributed by atoms with Crippen molar-refractivity contribution in [3.63, 3.8) is 0 Å². The highest BCUT2D eigenvalue weighted by atomic mass is 16.5. The van der Waals surface area contributed by atoms with Gasteiger partial charge in [0.2, 0.25) is 5.91 Å². The predicted molar refractivity (Wildman–Crippen MR) is 109 cm³/mol. The van der Waals surface area contributed by atoms with E-state index in [0.717, 1.165) is 39.1 Å². The van der Waals surface area contributed by atoms with Crippen molar-refractivity contribution in [2.45, 2.75) is 25.8 Å². The summed E-state index contributed by atoms with van der Waals surface area (Å²) in [7, 11) is 0. The standard InChI is InChI=1S/C23H30N2O2/c1-19(16-20-8-4-2-5-9-20)23(26)24-18-22(25-12-14-27-15-13-25)17-21-10-6-3-7-11-21/h2-11,19,22H,12-18H2,1H3,(H,24,26). The topological polar surface area (TPSA) is 41.6 Å². The summed E-state index contributed by atoms with van der Waals surface area (Å²) < 4.78 is 5.50. The average molecular weight is 367 g/mol. The molecule has 4 heteroatoms. The lowest BCUT2D eigenvalue weighted by Gasteiger charge is -2.35. The van der Waals surface area contributed by atoms with Crippen molar-refractivity contribution >= 4 is 5.91 Å². The molecular formula is C23H30N2O2. The largest absolute Gasteiger partial charge is 0.379 e. The van der Waals surface area contributed by atoms with Crippen molar-refractivity contribution in [1.82, 2.24) is 10.2 Å². The molecule has 4 nitrogen and oxygen atoms in total. The Hall–Kier alpha value is -2.17. The molecule has 2 unspecified atom stereocenters. The molecule has 1 aliphatic rings. The summed E-state index contributed by atoms with van der Waals surface area (Å²) in [4.78, 5) is 15.1. The number of carbonyl (C=O) groups is 1. The number of benzene rings is 2. The van der Waals surface area contributed by atoms with Crippen LogP contribution in [0.1, 0.15) is 18.1 Å². The third kappa shape index (κ3) is 6.19. The van der Waals surface area contributed by atoms with Crippen molar-refractivity contribution < 1.29 is 9.53 Å². The van der Waals surface area contributed by atoms with Gasteiger partial charge in [0.25, 0.3) is 0 Å². The van der Waals surface area contributed by atoms with E-state index in [4.69, 9.17) is 4.74 Å². The van der Waals surface area contributed by atoms with Gasteiger partial charge in [0.1, 0.15) is 0 Å². The van der Waals surface area contributed by atoms with Crippen LogP contribution in [-0.4, -0.2) is 49.7 Å². The Morgan fingerprint density at radius 3 is 2.11 bits per heavy atom. The van der Waals surface area contributed by atoms with E-state index in [-0.39, 0.29) is 11.8 Å². The highest BCUT2D eigenvalue weighted by Crippen LogP contribution is 2.12. The number of rotatable bonds is 8. The van der Waals surface area contributed by atoms with Crippen LogP contribution in [-0.2, 0) is 22.4 Å². The maximum absolute atomic E-state index is 12.6. The monoisotopic (exact) mass is 366 g/mol. The molecule has 1 N–H and O–H groups in total. The normalized spacial score (nSPS) is 17.2. The molecule has 0 aromatic heterocycles. The lowest BCUT2D eigenvalue weighted by Crippen LogP contribution is -2.50. The summed E-state index contributed by atoms with van der Waals surface area (Å²) in [5, 5.41) is 3.20. The van der Waals surface area contributed by atoms with Crippen LogP contribution in [0.2, 0.25) is 0 Å². The third-order valence-corrected chi connectivity index (χ3v) is 5.22. The van der Waals surface area contributed by atoms with Crippen molar-refractivity contribution in [1.29, 1.82) is 0 Å². The number of ether oxygens (including phenoxy) is 1. The number of hydrogen-bond donors (Lipinski definition) is 1. The van der Waals surface area contributed by atoms with E-state index in [1.165, 1.54) is 11.1 Å². The Bertz CT molecular complexity index is 684. The zero-order chi connectivity index (χ0) is 18.9. The fourth-order valence-electron chi connectivity index (χ4n) is 3.61. The van der Waals surface area contributed by atoms with Crippen LogP contribution in [0.15, 0.2) is 60.7 Å². The molecule has 2 aromatic rings. The second-order valence-corrected chi connectivity index (χ2v) is 7.33. The molecule has 0 saturated carbocycles. The Kier molecular flexibility index (Phi) is 7.43. The summed E-state index contributed by atoms with van der Waals surface area (Å²) >= 11 is 0. The number of carbonyl (C=O) groups excluding carboxylic acids is 1. The molecule has 2 aromatic carbocycles. The van der Waals surface area contributed by atoms with Gasteiger partial charge in [-0.15, -0.1) is 0 Å². The average Bonchev–Trinajstić information content (AvgIpc) is 2.73. The predicted octanol–water partition coefficient (Wildman–Crippen LogP) is 2.92. The lowest BCUT2D eigenvalue weighted by atomic mass is 9.99. The Morgan fingerprint density at radius 1 is 0.963 bits per heavy atom. The molecular weight excluding hydrogens is 336 g/mol. The van der Waals surface area contributed by atoms with Gasteiger partial charge in [-0.1, -0.05) is 67.6 Å². The van der Waals surface area contributed by atoms with Crippen LogP contribution in [0, 0.1) is 5.92 Å². The maximum atomic E-state index is 12.6. The number of nitrogens with zero attached hydrogens (tertiary/aromatic N) is 1. The maximum Gasteiger partial charge on any atom is 0.223 e. The minimum absolute atomic E-state index is 0.0329. The molecule has 144 valence electrons. The van der Waals surface area contributed by atoms with Crippen molar-refractivity contribution in [3.8, 4) is 0 Å². The molecule has 2 atom stereocenters. The first-order valence-electron chi connectivity index (χ1n) is 9.89. The van der Waals surface area contributed by atoms with Gasteiger partial charge in [-0.2, -0.15) is 0 Å². The van der Waals surface area contributed by atoms with E-state index in [0.29, 0.717) is 12.6 Å². The minimum Gasteiger partial charge on any atom is -0.379 e. The fraction of sp³-hybridized carbons (Fsp3) is 0.435. The van der Waals surface area contributed by atoms with Crippen LogP contribution in [0.3, 0.4) is 0 Å². The second kappa shape index (κ2) is 10.2. The van der Waals surface area contributed by atoms with Gasteiger partial charge < -0.3 is 10.1 Å². The molecule has 0 aliphatic carbocycles. The quantitative estimate of drug-likeness (QED) is 0.781. The van der Waals surface area contributed by atoms with E-state index in [1.807, 2.05) is 31.2 Å². The van der Waals surface area contributed by atoms with Gasteiger partial charge in [0, 0.05) is 31.6 Å². The van der Waals surface area contributed by atoms with Crippen LogP contribution in [0.5, 0.6) is 0 Å². The smallest absolute Gasteiger partial charge is 0.223 e. The molecule has 1 aliphatic heterocycles. The third-order valence-electron chi connectivity index (χ3n) is 5.22. The molecule has 0 spiro atoms. The fourth-order valence-corrected chi connectivity index (χ4v) is 3.61. The van der Waals surface area contributed by atoms with Crippen LogP contribution in [0.25, 0.3) is 0 Å². The zero-order valence-corrected chi connectivity index (χ0v) is 16.1. The van der Waals surface area contributed by atoms with Gasteiger partial charge >= 0.3 is 0 Å². The van der Waals surface area contributed by atoms with Crippen LogP contribution < -0.4 is 5.32 Å². The SMILES string of the molecule is CC(Cc1ccccc1)C(=O)NCC(Cc1ccccc1)N1CCOCC1.